The van der Waals surface area contributed by atoms with Gasteiger partial charge in [0.2, 0.25) is 0 Å². The van der Waals surface area contributed by atoms with Gasteiger partial charge in [0.15, 0.2) is 0 Å². The van der Waals surface area contributed by atoms with E-state index in [0.29, 0.717) is 0 Å². The standard InChI is InChI=1S/C7H12O2.Tl/c8-7(9)6-4-2-1-3-5-6;/h6H,1-5H2,(H,8,9);. The van der Waals surface area contributed by atoms with Crippen molar-refractivity contribution in [3.05, 3.63) is 0 Å². The van der Waals surface area contributed by atoms with Crippen molar-refractivity contribution in [3.63, 3.8) is 0 Å². The summed E-state index contributed by atoms with van der Waals surface area (Å²) in [6.45, 7) is 0. The summed E-state index contributed by atoms with van der Waals surface area (Å²) in [6, 6.07) is 0. The van der Waals surface area contributed by atoms with Gasteiger partial charge in [0.1, 0.15) is 0 Å². The Bertz CT molecular complexity index is 108. The van der Waals surface area contributed by atoms with Crippen molar-refractivity contribution in [2.75, 3.05) is 0 Å². The van der Waals surface area contributed by atoms with Crippen molar-refractivity contribution >= 4 is 33.3 Å². The summed E-state index contributed by atoms with van der Waals surface area (Å²) in [5.41, 5.74) is 0. The van der Waals surface area contributed by atoms with E-state index < -0.39 is 5.97 Å². The molecule has 0 atom stereocenters. The Hall–Kier alpha value is 0.392. The van der Waals surface area contributed by atoms with Crippen LogP contribution in [-0.4, -0.2) is 38.4 Å². The average Bonchev–Trinajstić information content (AvgIpc) is 1.90. The second-order valence-corrected chi connectivity index (χ2v) is 2.67. The van der Waals surface area contributed by atoms with Crippen LogP contribution in [0.1, 0.15) is 32.1 Å². The fourth-order valence-corrected chi connectivity index (χ4v) is 1.35. The van der Waals surface area contributed by atoms with Crippen molar-refractivity contribution in [1.29, 1.82) is 0 Å². The molecule has 1 aliphatic rings. The quantitative estimate of drug-likeness (QED) is 0.734. The molecule has 1 N–H and O–H groups in total. The second-order valence-electron chi connectivity index (χ2n) is 2.67. The Labute approximate surface area is 81.2 Å². The minimum atomic E-state index is -0.602. The first-order chi connectivity index (χ1) is 4.30. The minimum absolute atomic E-state index is 0. The zero-order valence-corrected chi connectivity index (χ0v) is 10.5. The van der Waals surface area contributed by atoms with Crippen molar-refractivity contribution in [3.8, 4) is 0 Å². The van der Waals surface area contributed by atoms with Crippen LogP contribution in [0.3, 0.4) is 0 Å². The first-order valence-electron chi connectivity index (χ1n) is 3.53. The fourth-order valence-electron chi connectivity index (χ4n) is 1.35. The Kier molecular flexibility index (Phi) is 5.30. The molecule has 1 radical (unpaired) electrons. The molecule has 1 fully saturated rings. The number of carboxylic acid groups (broad SMARTS) is 1. The van der Waals surface area contributed by atoms with Gasteiger partial charge in [0.05, 0.1) is 5.92 Å². The minimum Gasteiger partial charge on any atom is -0.481 e. The Morgan fingerprint density at radius 1 is 1.20 bits per heavy atom. The largest absolute Gasteiger partial charge is 0.481 e. The monoisotopic (exact) mass is 333 g/mol. The van der Waals surface area contributed by atoms with Crippen molar-refractivity contribution in [2.45, 2.75) is 32.1 Å². The van der Waals surface area contributed by atoms with E-state index in [4.69, 9.17) is 5.11 Å². The molecule has 0 aromatic heterocycles. The Balaban J connectivity index is 0.000000810. The van der Waals surface area contributed by atoms with Gasteiger partial charge in [-0.15, -0.1) is 0 Å². The van der Waals surface area contributed by atoms with Gasteiger partial charge in [0, 0.05) is 27.3 Å². The molecule has 0 aliphatic heterocycles. The maximum Gasteiger partial charge on any atom is 0.306 e. The molecule has 55 valence electrons. The van der Waals surface area contributed by atoms with E-state index in [1.165, 1.54) is 6.42 Å². The summed E-state index contributed by atoms with van der Waals surface area (Å²) in [4.78, 5) is 10.4. The van der Waals surface area contributed by atoms with E-state index in [-0.39, 0.29) is 33.2 Å². The SMILES string of the molecule is O=C(O)C1CCCCC1.[Tl]. The number of aliphatic carboxylic acids is 1. The van der Waals surface area contributed by atoms with Gasteiger partial charge in [-0.25, -0.2) is 0 Å². The molecule has 0 saturated heterocycles. The average molecular weight is 333 g/mol. The molecule has 0 spiro atoms. The number of carbonyl (C=O) groups is 1. The third-order valence-electron chi connectivity index (χ3n) is 1.95. The first kappa shape index (κ1) is 10.4. The zero-order chi connectivity index (χ0) is 6.69. The molecule has 0 bridgehead atoms. The molecule has 0 aromatic carbocycles. The molecular formula is C7H12O2Tl. The van der Waals surface area contributed by atoms with Gasteiger partial charge in [-0.05, 0) is 12.8 Å². The van der Waals surface area contributed by atoms with Crippen LogP contribution in [-0.2, 0) is 4.79 Å². The van der Waals surface area contributed by atoms with Crippen molar-refractivity contribution < 1.29 is 9.90 Å². The van der Waals surface area contributed by atoms with Crippen LogP contribution in [0.5, 0.6) is 0 Å². The van der Waals surface area contributed by atoms with Crippen LogP contribution in [0.25, 0.3) is 0 Å². The van der Waals surface area contributed by atoms with Crippen LogP contribution in [0.2, 0.25) is 0 Å². The Morgan fingerprint density at radius 2 is 1.70 bits per heavy atom. The second kappa shape index (κ2) is 5.10. The Morgan fingerprint density at radius 3 is 2.00 bits per heavy atom. The van der Waals surface area contributed by atoms with Crippen LogP contribution >= 0.6 is 0 Å². The summed E-state index contributed by atoms with van der Waals surface area (Å²) in [5, 5.41) is 8.54. The van der Waals surface area contributed by atoms with E-state index in [1.807, 2.05) is 0 Å². The topological polar surface area (TPSA) is 37.3 Å². The van der Waals surface area contributed by atoms with Gasteiger partial charge in [-0.2, -0.15) is 0 Å². The van der Waals surface area contributed by atoms with Crippen LogP contribution < -0.4 is 0 Å². The summed E-state index contributed by atoms with van der Waals surface area (Å²) in [7, 11) is 0. The molecule has 0 unspecified atom stereocenters. The molecule has 2 nitrogen and oxygen atoms in total. The summed E-state index contributed by atoms with van der Waals surface area (Å²) >= 11 is 0. The van der Waals surface area contributed by atoms with Gasteiger partial charge >= 0.3 is 5.97 Å². The van der Waals surface area contributed by atoms with Crippen LogP contribution in [0.15, 0.2) is 0 Å². The third-order valence-corrected chi connectivity index (χ3v) is 1.95. The maximum atomic E-state index is 10.4. The molecular weight excluding hydrogens is 320 g/mol. The van der Waals surface area contributed by atoms with Crippen molar-refractivity contribution in [2.24, 2.45) is 5.92 Å². The van der Waals surface area contributed by atoms with Gasteiger partial charge < -0.3 is 5.11 Å². The molecule has 0 amide bonds. The van der Waals surface area contributed by atoms with E-state index in [1.54, 1.807) is 0 Å². The smallest absolute Gasteiger partial charge is 0.306 e. The number of hydrogen-bond donors (Lipinski definition) is 1. The predicted molar refractivity (Wildman–Crippen MR) is 40.0 cm³/mol. The zero-order valence-electron chi connectivity index (χ0n) is 6.05. The summed E-state index contributed by atoms with van der Waals surface area (Å²) < 4.78 is 0. The summed E-state index contributed by atoms with van der Waals surface area (Å²) in [5.74, 6) is -0.631. The first-order valence-corrected chi connectivity index (χ1v) is 3.53. The third kappa shape index (κ3) is 2.99. The maximum absolute atomic E-state index is 10.4. The molecule has 1 aliphatic carbocycles. The normalized spacial score (nSPS) is 19.6. The molecule has 10 heavy (non-hydrogen) atoms. The molecule has 3 heteroatoms. The van der Waals surface area contributed by atoms with Gasteiger partial charge in [0.25, 0.3) is 0 Å². The van der Waals surface area contributed by atoms with E-state index >= 15 is 0 Å². The van der Waals surface area contributed by atoms with Gasteiger partial charge in [-0.1, -0.05) is 19.3 Å². The van der Waals surface area contributed by atoms with Crippen molar-refractivity contribution in [1.82, 2.24) is 0 Å². The van der Waals surface area contributed by atoms with Crippen LogP contribution in [0, 0.1) is 5.92 Å². The molecule has 1 rings (SSSR count). The fraction of sp³-hybridized carbons (Fsp3) is 0.857. The number of carboxylic acids is 1. The summed E-state index contributed by atoms with van der Waals surface area (Å²) in [6.07, 6.45) is 5.24. The van der Waals surface area contributed by atoms with Gasteiger partial charge in [-0.3, -0.25) is 4.79 Å². The molecule has 0 heterocycles. The number of rotatable bonds is 1. The predicted octanol–water partition coefficient (Wildman–Crippen LogP) is 1.27. The van der Waals surface area contributed by atoms with E-state index in [9.17, 15) is 4.79 Å². The molecule has 1 saturated carbocycles. The van der Waals surface area contributed by atoms with E-state index in [2.05, 4.69) is 0 Å². The molecule has 0 aromatic rings. The van der Waals surface area contributed by atoms with E-state index in [0.717, 1.165) is 25.7 Å². The van der Waals surface area contributed by atoms with Crippen LogP contribution in [0.4, 0.5) is 0 Å². The number of hydrogen-bond acceptors (Lipinski definition) is 1.